The van der Waals surface area contributed by atoms with Gasteiger partial charge in [-0.05, 0) is 43.9 Å². The maximum atomic E-state index is 13.5. The minimum Gasteiger partial charge on any atom is -0.465 e. The summed E-state index contributed by atoms with van der Waals surface area (Å²) in [4.78, 5) is 65.6. The number of amides is 4. The van der Waals surface area contributed by atoms with Gasteiger partial charge >= 0.3 is 18.0 Å². The molecule has 3 N–H and O–H groups in total. The van der Waals surface area contributed by atoms with Crippen LogP contribution < -0.4 is 16.0 Å². The van der Waals surface area contributed by atoms with Crippen LogP contribution in [0.5, 0.6) is 0 Å². The highest BCUT2D eigenvalue weighted by molar-refractivity contribution is 6.01. The molecule has 0 unspecified atom stereocenters. The van der Waals surface area contributed by atoms with Crippen molar-refractivity contribution in [3.63, 3.8) is 0 Å². The number of urea groups is 1. The van der Waals surface area contributed by atoms with Crippen LogP contribution in [0.4, 0.5) is 10.5 Å². The molecule has 206 valence electrons. The van der Waals surface area contributed by atoms with Crippen LogP contribution in [-0.2, 0) is 19.1 Å². The van der Waals surface area contributed by atoms with Gasteiger partial charge < -0.3 is 30.3 Å². The molecule has 4 rings (SSSR count). The number of piperazine rings is 1. The normalized spacial score (nSPS) is 23.5. The van der Waals surface area contributed by atoms with Crippen molar-refractivity contribution in [1.29, 1.82) is 0 Å². The number of hydrogen-bond acceptors (Lipinski definition) is 7. The van der Waals surface area contributed by atoms with E-state index in [2.05, 4.69) is 16.0 Å². The molecule has 1 heterocycles. The van der Waals surface area contributed by atoms with Gasteiger partial charge in [0.05, 0.1) is 37.8 Å². The van der Waals surface area contributed by atoms with E-state index in [0.717, 1.165) is 57.8 Å². The zero-order valence-electron chi connectivity index (χ0n) is 21.9. The Hall–Kier alpha value is -3.63. The Kier molecular flexibility index (Phi) is 8.85. The average molecular weight is 529 g/mol. The van der Waals surface area contributed by atoms with E-state index in [1.807, 2.05) is 0 Å². The molecule has 1 aromatic rings. The quantitative estimate of drug-likeness (QED) is 0.482. The molecule has 0 bridgehead atoms. The number of benzene rings is 1. The highest BCUT2D eigenvalue weighted by Crippen LogP contribution is 2.30. The van der Waals surface area contributed by atoms with Crippen LogP contribution >= 0.6 is 0 Å². The second-order valence-corrected chi connectivity index (χ2v) is 10.2. The van der Waals surface area contributed by atoms with Gasteiger partial charge in [-0.1, -0.05) is 32.1 Å². The molecule has 0 spiro atoms. The van der Waals surface area contributed by atoms with Gasteiger partial charge in [0, 0.05) is 17.8 Å². The van der Waals surface area contributed by atoms with Crippen LogP contribution in [0.1, 0.15) is 84.9 Å². The number of carbonyl (C=O) groups excluding carboxylic acids is 5. The standard InChI is InChI=1S/C27H36N4O7/c1-37-25(34)16-12-17(26(35)38-2)14-19(13-16)28-23(32)15-22-24(33)30-20-10-6-7-11-21(20)31(22)27(36)29-18-8-4-3-5-9-18/h12-14,18,20-22H,3-11,15H2,1-2H3,(H,28,32)(H,29,36)(H,30,33)/t20-,21+,22+/m0/s1. The summed E-state index contributed by atoms with van der Waals surface area (Å²) in [5.74, 6) is -2.27. The predicted octanol–water partition coefficient (Wildman–Crippen LogP) is 2.74. The largest absolute Gasteiger partial charge is 0.465 e. The van der Waals surface area contributed by atoms with Crippen molar-refractivity contribution in [2.24, 2.45) is 0 Å². The van der Waals surface area contributed by atoms with Crippen LogP contribution in [0.3, 0.4) is 0 Å². The van der Waals surface area contributed by atoms with Gasteiger partial charge in [0.2, 0.25) is 11.8 Å². The van der Waals surface area contributed by atoms with Crippen molar-refractivity contribution in [1.82, 2.24) is 15.5 Å². The lowest BCUT2D eigenvalue weighted by atomic mass is 9.85. The first kappa shape index (κ1) is 27.4. The second kappa shape index (κ2) is 12.3. The fraction of sp³-hybridized carbons (Fsp3) is 0.593. The van der Waals surface area contributed by atoms with E-state index < -0.39 is 23.9 Å². The van der Waals surface area contributed by atoms with Crippen LogP contribution in [0.25, 0.3) is 0 Å². The van der Waals surface area contributed by atoms with E-state index in [4.69, 9.17) is 9.47 Å². The van der Waals surface area contributed by atoms with E-state index in [1.165, 1.54) is 32.4 Å². The second-order valence-electron chi connectivity index (χ2n) is 10.2. The molecule has 0 aromatic heterocycles. The highest BCUT2D eigenvalue weighted by atomic mass is 16.5. The first-order valence-electron chi connectivity index (χ1n) is 13.3. The maximum Gasteiger partial charge on any atom is 0.337 e. The fourth-order valence-corrected chi connectivity index (χ4v) is 5.79. The molecule has 1 saturated heterocycles. The first-order chi connectivity index (χ1) is 18.3. The third kappa shape index (κ3) is 6.25. The van der Waals surface area contributed by atoms with Crippen LogP contribution in [0, 0.1) is 0 Å². The van der Waals surface area contributed by atoms with E-state index in [0.29, 0.717) is 0 Å². The molecule has 2 saturated carbocycles. The Balaban J connectivity index is 1.54. The van der Waals surface area contributed by atoms with Crippen LogP contribution in [0.15, 0.2) is 18.2 Å². The van der Waals surface area contributed by atoms with Crippen LogP contribution in [-0.4, -0.2) is 73.1 Å². The summed E-state index contributed by atoms with van der Waals surface area (Å²) in [6.45, 7) is 0. The SMILES string of the molecule is COC(=O)c1cc(NC(=O)C[C@@H]2C(=O)N[C@H]3CCCC[C@H]3N2C(=O)NC2CCCCC2)cc(C(=O)OC)c1. The molecule has 11 nitrogen and oxygen atoms in total. The average Bonchev–Trinajstić information content (AvgIpc) is 2.92. The summed E-state index contributed by atoms with van der Waals surface area (Å²) in [6, 6.07) is 2.52. The molecule has 3 aliphatic rings. The molecule has 3 fully saturated rings. The molecule has 1 aromatic carbocycles. The maximum absolute atomic E-state index is 13.5. The summed E-state index contributed by atoms with van der Waals surface area (Å²) < 4.78 is 9.49. The van der Waals surface area contributed by atoms with Crippen molar-refractivity contribution in [3.05, 3.63) is 29.3 Å². The van der Waals surface area contributed by atoms with Crippen molar-refractivity contribution >= 4 is 35.5 Å². The van der Waals surface area contributed by atoms with Crippen molar-refractivity contribution in [3.8, 4) is 0 Å². The van der Waals surface area contributed by atoms with E-state index in [1.54, 1.807) is 4.90 Å². The van der Waals surface area contributed by atoms with Crippen LogP contribution in [0.2, 0.25) is 0 Å². The minimum absolute atomic E-state index is 0.0552. The number of ether oxygens (including phenoxy) is 2. The lowest BCUT2D eigenvalue weighted by Gasteiger charge is -2.48. The Morgan fingerprint density at radius 1 is 0.895 bits per heavy atom. The van der Waals surface area contributed by atoms with E-state index in [-0.39, 0.29) is 53.3 Å². The predicted molar refractivity (Wildman–Crippen MR) is 138 cm³/mol. The summed E-state index contributed by atoms with van der Waals surface area (Å²) in [7, 11) is 2.41. The summed E-state index contributed by atoms with van der Waals surface area (Å²) in [6.07, 6.45) is 8.27. The Morgan fingerprint density at radius 2 is 1.50 bits per heavy atom. The molecular weight excluding hydrogens is 492 g/mol. The molecule has 2 aliphatic carbocycles. The summed E-state index contributed by atoms with van der Waals surface area (Å²) >= 11 is 0. The molecule has 4 amide bonds. The number of methoxy groups -OCH3 is 2. The Labute approximate surface area is 222 Å². The van der Waals surface area contributed by atoms with Gasteiger partial charge in [0.1, 0.15) is 6.04 Å². The van der Waals surface area contributed by atoms with Crippen molar-refractivity contribution in [2.75, 3.05) is 19.5 Å². The van der Waals surface area contributed by atoms with Gasteiger partial charge in [-0.3, -0.25) is 9.59 Å². The van der Waals surface area contributed by atoms with Gasteiger partial charge in [0.15, 0.2) is 0 Å². The zero-order chi connectivity index (χ0) is 27.2. The van der Waals surface area contributed by atoms with Crippen molar-refractivity contribution < 1.29 is 33.4 Å². The van der Waals surface area contributed by atoms with Gasteiger partial charge in [-0.25, -0.2) is 14.4 Å². The van der Waals surface area contributed by atoms with Crippen molar-refractivity contribution in [2.45, 2.75) is 88.4 Å². The third-order valence-corrected chi connectivity index (χ3v) is 7.66. The highest BCUT2D eigenvalue weighted by Gasteiger charge is 2.46. The Bertz CT molecular complexity index is 1050. The van der Waals surface area contributed by atoms with Gasteiger partial charge in [-0.2, -0.15) is 0 Å². The van der Waals surface area contributed by atoms with Gasteiger partial charge in [0.25, 0.3) is 0 Å². The molecule has 1 aliphatic heterocycles. The monoisotopic (exact) mass is 528 g/mol. The summed E-state index contributed by atoms with van der Waals surface area (Å²) in [5, 5.41) is 8.82. The number of fused-ring (bicyclic) bond motifs is 1. The molecule has 11 heteroatoms. The fourth-order valence-electron chi connectivity index (χ4n) is 5.79. The molecule has 3 atom stereocenters. The Morgan fingerprint density at radius 3 is 2.13 bits per heavy atom. The smallest absolute Gasteiger partial charge is 0.337 e. The molecule has 0 radical (unpaired) electrons. The molecular formula is C27H36N4O7. The lowest BCUT2D eigenvalue weighted by Crippen LogP contribution is -2.69. The number of nitrogens with zero attached hydrogens (tertiary/aromatic N) is 1. The number of carbonyl (C=O) groups is 5. The van der Waals surface area contributed by atoms with E-state index in [9.17, 15) is 24.0 Å². The number of rotatable bonds is 6. The number of hydrogen-bond donors (Lipinski definition) is 3. The first-order valence-corrected chi connectivity index (χ1v) is 13.3. The topological polar surface area (TPSA) is 143 Å². The number of anilines is 1. The summed E-state index contributed by atoms with van der Waals surface area (Å²) in [5.41, 5.74) is 0.280. The zero-order valence-corrected chi connectivity index (χ0v) is 21.9. The third-order valence-electron chi connectivity index (χ3n) is 7.66. The number of esters is 2. The minimum atomic E-state index is -0.984. The van der Waals surface area contributed by atoms with Gasteiger partial charge in [-0.15, -0.1) is 0 Å². The molecule has 38 heavy (non-hydrogen) atoms. The lowest BCUT2D eigenvalue weighted by molar-refractivity contribution is -0.135. The van der Waals surface area contributed by atoms with E-state index >= 15 is 0 Å². The number of nitrogens with one attached hydrogen (secondary N) is 3.